The van der Waals surface area contributed by atoms with E-state index in [1.165, 1.54) is 28.7 Å². The van der Waals surface area contributed by atoms with Crippen LogP contribution in [-0.4, -0.2) is 23.1 Å². The molecular formula is C25H25NO2. The summed E-state index contributed by atoms with van der Waals surface area (Å²) in [5, 5.41) is 0. The van der Waals surface area contributed by atoms with Gasteiger partial charge in [-0.15, -0.1) is 0 Å². The number of carbonyl (C=O) groups is 1. The van der Waals surface area contributed by atoms with Crippen molar-refractivity contribution in [2.24, 2.45) is 0 Å². The number of nitrogens with zero attached hydrogens (tertiary/aromatic N) is 1. The van der Waals surface area contributed by atoms with Crippen LogP contribution in [0.3, 0.4) is 0 Å². The van der Waals surface area contributed by atoms with Crippen molar-refractivity contribution in [1.29, 1.82) is 0 Å². The molecule has 2 aliphatic heterocycles. The average Bonchev–Trinajstić information content (AvgIpc) is 3.21. The van der Waals surface area contributed by atoms with Crippen molar-refractivity contribution in [3.8, 4) is 0 Å². The Morgan fingerprint density at radius 1 is 1.07 bits per heavy atom. The van der Waals surface area contributed by atoms with E-state index in [1.54, 1.807) is 0 Å². The number of amides is 1. The van der Waals surface area contributed by atoms with Gasteiger partial charge in [0, 0.05) is 6.04 Å². The highest BCUT2D eigenvalue weighted by molar-refractivity contribution is 5.78. The average molecular weight is 371 g/mol. The van der Waals surface area contributed by atoms with Crippen LogP contribution in [0.25, 0.3) is 11.6 Å². The van der Waals surface area contributed by atoms with Gasteiger partial charge in [-0.3, -0.25) is 4.90 Å². The molecule has 1 fully saturated rings. The lowest BCUT2D eigenvalue weighted by molar-refractivity contribution is 0.0510. The quantitative estimate of drug-likeness (QED) is 0.702. The maximum absolute atomic E-state index is 12.9. The van der Waals surface area contributed by atoms with Crippen molar-refractivity contribution in [1.82, 2.24) is 4.90 Å². The molecule has 2 unspecified atom stereocenters. The molecule has 1 saturated heterocycles. The molecule has 2 bridgehead atoms. The lowest BCUT2D eigenvalue weighted by atomic mass is 9.81. The number of hydrogen-bond acceptors (Lipinski definition) is 2. The van der Waals surface area contributed by atoms with Crippen LogP contribution >= 0.6 is 0 Å². The Morgan fingerprint density at radius 3 is 2.82 bits per heavy atom. The van der Waals surface area contributed by atoms with Gasteiger partial charge < -0.3 is 4.74 Å². The van der Waals surface area contributed by atoms with Gasteiger partial charge in [-0.05, 0) is 59.9 Å². The molecule has 5 rings (SSSR count). The molecule has 0 saturated carbocycles. The minimum Gasteiger partial charge on any atom is -0.445 e. The molecular weight excluding hydrogens is 346 g/mol. The van der Waals surface area contributed by atoms with Crippen LogP contribution in [0.4, 0.5) is 4.79 Å². The van der Waals surface area contributed by atoms with E-state index in [1.807, 2.05) is 35.2 Å². The number of carbonyl (C=O) groups excluding carboxylic acids is 1. The lowest BCUT2D eigenvalue weighted by Crippen LogP contribution is -2.51. The zero-order valence-corrected chi connectivity index (χ0v) is 16.0. The first-order valence-electron chi connectivity index (χ1n) is 10.3. The van der Waals surface area contributed by atoms with Crippen molar-refractivity contribution in [2.45, 2.75) is 50.8 Å². The summed E-state index contributed by atoms with van der Waals surface area (Å²) < 4.78 is 5.67. The molecule has 2 atom stereocenters. The van der Waals surface area contributed by atoms with Crippen molar-refractivity contribution in [3.63, 3.8) is 0 Å². The summed E-state index contributed by atoms with van der Waals surface area (Å²) >= 11 is 0. The van der Waals surface area contributed by atoms with Gasteiger partial charge in [0.05, 0.1) is 6.04 Å². The van der Waals surface area contributed by atoms with Crippen molar-refractivity contribution >= 4 is 17.7 Å². The zero-order valence-electron chi connectivity index (χ0n) is 16.0. The summed E-state index contributed by atoms with van der Waals surface area (Å²) in [6.07, 6.45) is 11.8. The molecule has 0 spiro atoms. The Labute approximate surface area is 166 Å². The fraction of sp³-hybridized carbons (Fsp3) is 0.320. The fourth-order valence-corrected chi connectivity index (χ4v) is 4.90. The Balaban J connectivity index is 1.36. The number of rotatable bonds is 3. The van der Waals surface area contributed by atoms with Crippen molar-refractivity contribution in [2.75, 3.05) is 0 Å². The maximum atomic E-state index is 12.9. The monoisotopic (exact) mass is 371 g/mol. The van der Waals surface area contributed by atoms with Crippen molar-refractivity contribution in [3.05, 3.63) is 82.9 Å². The van der Waals surface area contributed by atoms with Gasteiger partial charge in [0.1, 0.15) is 6.61 Å². The van der Waals surface area contributed by atoms with E-state index < -0.39 is 0 Å². The number of allylic oxidation sites excluding steroid dienone is 1. The molecule has 2 aromatic carbocycles. The molecule has 2 heterocycles. The number of benzene rings is 2. The molecule has 1 amide bonds. The zero-order chi connectivity index (χ0) is 18.9. The SMILES string of the molecule is O=C(OCc1ccccc1)N1C2C=C(c3cccc4c3CC=C4)CC1CCC2. The van der Waals surface area contributed by atoms with Crippen LogP contribution < -0.4 is 0 Å². The van der Waals surface area contributed by atoms with Gasteiger partial charge in [0.2, 0.25) is 0 Å². The molecule has 142 valence electrons. The molecule has 3 heteroatoms. The molecule has 28 heavy (non-hydrogen) atoms. The number of ether oxygens (including phenoxy) is 1. The van der Waals surface area contributed by atoms with Gasteiger partial charge in [-0.25, -0.2) is 4.79 Å². The number of piperidine rings is 1. The minimum atomic E-state index is -0.172. The number of hydrogen-bond donors (Lipinski definition) is 0. The van der Waals surface area contributed by atoms with Gasteiger partial charge in [-0.1, -0.05) is 66.8 Å². The molecule has 3 aliphatic rings. The first-order chi connectivity index (χ1) is 13.8. The van der Waals surface area contributed by atoms with Crippen molar-refractivity contribution < 1.29 is 9.53 Å². The van der Waals surface area contributed by atoms with Gasteiger partial charge >= 0.3 is 6.09 Å². The predicted molar refractivity (Wildman–Crippen MR) is 112 cm³/mol. The van der Waals surface area contributed by atoms with Crippen LogP contribution in [0.5, 0.6) is 0 Å². The Bertz CT molecular complexity index is 944. The third-order valence-electron chi connectivity index (χ3n) is 6.23. The highest BCUT2D eigenvalue weighted by atomic mass is 16.6. The highest BCUT2D eigenvalue weighted by Crippen LogP contribution is 2.39. The van der Waals surface area contributed by atoms with Crippen LogP contribution in [0.1, 0.15) is 47.9 Å². The van der Waals surface area contributed by atoms with Gasteiger partial charge in [-0.2, -0.15) is 0 Å². The molecule has 2 aromatic rings. The predicted octanol–water partition coefficient (Wildman–Crippen LogP) is 5.60. The molecule has 1 aliphatic carbocycles. The summed E-state index contributed by atoms with van der Waals surface area (Å²) in [6, 6.07) is 16.9. The Hall–Kier alpha value is -2.81. The lowest BCUT2D eigenvalue weighted by Gasteiger charge is -2.44. The topological polar surface area (TPSA) is 29.5 Å². The summed E-state index contributed by atoms with van der Waals surface area (Å²) in [7, 11) is 0. The largest absolute Gasteiger partial charge is 0.445 e. The van der Waals surface area contributed by atoms with E-state index in [4.69, 9.17) is 4.74 Å². The highest BCUT2D eigenvalue weighted by Gasteiger charge is 2.38. The minimum absolute atomic E-state index is 0.149. The first-order valence-corrected chi connectivity index (χ1v) is 10.3. The van der Waals surface area contributed by atoms with E-state index in [0.717, 1.165) is 31.2 Å². The standard InChI is InChI=1S/C25H25NO2/c27-25(28-17-18-7-2-1-3-8-18)26-21-11-6-12-22(26)16-20(15-21)24-14-5-10-19-9-4-13-23(19)24/h1-5,7-10,14-15,21-22H,6,11-13,16-17H2. The molecule has 0 N–H and O–H groups in total. The Morgan fingerprint density at radius 2 is 1.96 bits per heavy atom. The first kappa shape index (κ1) is 17.3. The number of fused-ring (bicyclic) bond motifs is 3. The van der Waals surface area contributed by atoms with Gasteiger partial charge in [0.25, 0.3) is 0 Å². The van der Waals surface area contributed by atoms with E-state index >= 15 is 0 Å². The second kappa shape index (κ2) is 7.31. The summed E-state index contributed by atoms with van der Waals surface area (Å²) in [6.45, 7) is 0.337. The smallest absolute Gasteiger partial charge is 0.410 e. The van der Waals surface area contributed by atoms with Crippen LogP contribution in [0.2, 0.25) is 0 Å². The third-order valence-corrected chi connectivity index (χ3v) is 6.23. The second-order valence-corrected chi connectivity index (χ2v) is 7.98. The second-order valence-electron chi connectivity index (χ2n) is 7.98. The maximum Gasteiger partial charge on any atom is 0.410 e. The van der Waals surface area contributed by atoms with E-state index in [-0.39, 0.29) is 18.2 Å². The summed E-state index contributed by atoms with van der Waals surface area (Å²) in [5.41, 5.74) is 6.58. The van der Waals surface area contributed by atoms with E-state index in [9.17, 15) is 4.79 Å². The van der Waals surface area contributed by atoms with Crippen LogP contribution in [0.15, 0.2) is 60.7 Å². The normalized spacial score (nSPS) is 22.6. The molecule has 0 aromatic heterocycles. The van der Waals surface area contributed by atoms with E-state index in [2.05, 4.69) is 36.4 Å². The molecule has 3 nitrogen and oxygen atoms in total. The summed E-state index contributed by atoms with van der Waals surface area (Å²) in [4.78, 5) is 14.9. The fourth-order valence-electron chi connectivity index (χ4n) is 4.90. The molecule has 0 radical (unpaired) electrons. The summed E-state index contributed by atoms with van der Waals surface area (Å²) in [5.74, 6) is 0. The Kier molecular flexibility index (Phi) is 4.52. The third kappa shape index (κ3) is 3.15. The van der Waals surface area contributed by atoms with Crippen LogP contribution in [0, 0.1) is 0 Å². The van der Waals surface area contributed by atoms with E-state index in [0.29, 0.717) is 6.61 Å². The van der Waals surface area contributed by atoms with Gasteiger partial charge in [0.15, 0.2) is 0 Å². The van der Waals surface area contributed by atoms with Crippen LogP contribution in [-0.2, 0) is 17.8 Å².